The highest BCUT2D eigenvalue weighted by molar-refractivity contribution is 5.24. The first-order valence-corrected chi connectivity index (χ1v) is 6.79. The van der Waals surface area contributed by atoms with Gasteiger partial charge in [0.2, 0.25) is 0 Å². The van der Waals surface area contributed by atoms with Crippen molar-refractivity contribution in [3.63, 3.8) is 0 Å². The molecule has 0 radical (unpaired) electrons. The Morgan fingerprint density at radius 3 is 2.70 bits per heavy atom. The first-order valence-electron chi connectivity index (χ1n) is 6.79. The fraction of sp³-hybridized carbons (Fsp3) is 0.400. The number of hydrogen-bond acceptors (Lipinski definition) is 2. The summed E-state index contributed by atoms with van der Waals surface area (Å²) in [5.74, 6) is -1.12. The molecule has 1 aromatic carbocycles. The summed E-state index contributed by atoms with van der Waals surface area (Å²) >= 11 is 0. The van der Waals surface area contributed by atoms with E-state index in [4.69, 9.17) is 4.74 Å². The number of benzene rings is 1. The highest BCUT2D eigenvalue weighted by Gasteiger charge is 2.04. The summed E-state index contributed by atoms with van der Waals surface area (Å²) in [6.07, 6.45) is 9.58. The molecule has 0 atom stereocenters. The van der Waals surface area contributed by atoms with Crippen LogP contribution in [0.5, 0.6) is 5.75 Å². The molecular weight excluding hydrogens is 262 g/mol. The molecule has 2 rings (SSSR count). The molecular formula is C15H18F2N2O. The van der Waals surface area contributed by atoms with Gasteiger partial charge in [-0.15, -0.1) is 0 Å². The number of rotatable bonds is 8. The molecule has 5 heteroatoms. The molecule has 3 nitrogen and oxygen atoms in total. The van der Waals surface area contributed by atoms with E-state index in [0.717, 1.165) is 38.3 Å². The summed E-state index contributed by atoms with van der Waals surface area (Å²) in [5.41, 5.74) is 0. The maximum Gasteiger partial charge on any atom is 0.167 e. The van der Waals surface area contributed by atoms with Crippen molar-refractivity contribution >= 4 is 0 Å². The van der Waals surface area contributed by atoms with E-state index in [9.17, 15) is 8.78 Å². The van der Waals surface area contributed by atoms with Crippen molar-refractivity contribution in [2.45, 2.75) is 32.2 Å². The SMILES string of the molecule is Fc1ccc(OCCCCCCn2ccnc2)c(F)c1. The average molecular weight is 280 g/mol. The zero-order valence-electron chi connectivity index (χ0n) is 11.3. The van der Waals surface area contributed by atoms with E-state index < -0.39 is 11.6 Å². The van der Waals surface area contributed by atoms with Crippen molar-refractivity contribution in [1.82, 2.24) is 9.55 Å². The molecule has 0 saturated heterocycles. The second-order valence-electron chi connectivity index (χ2n) is 4.64. The van der Waals surface area contributed by atoms with Crippen LogP contribution in [-0.2, 0) is 6.54 Å². The molecule has 0 amide bonds. The van der Waals surface area contributed by atoms with Crippen LogP contribution in [0.3, 0.4) is 0 Å². The van der Waals surface area contributed by atoms with Crippen LogP contribution in [-0.4, -0.2) is 16.2 Å². The highest BCUT2D eigenvalue weighted by atomic mass is 19.1. The second-order valence-corrected chi connectivity index (χ2v) is 4.64. The van der Waals surface area contributed by atoms with E-state index in [1.165, 1.54) is 12.1 Å². The van der Waals surface area contributed by atoms with Crippen LogP contribution in [0.4, 0.5) is 8.78 Å². The van der Waals surface area contributed by atoms with E-state index in [-0.39, 0.29) is 5.75 Å². The summed E-state index contributed by atoms with van der Waals surface area (Å²) in [7, 11) is 0. The van der Waals surface area contributed by atoms with Crippen molar-refractivity contribution in [2.75, 3.05) is 6.61 Å². The average Bonchev–Trinajstić information content (AvgIpc) is 2.93. The largest absolute Gasteiger partial charge is 0.491 e. The fourth-order valence-corrected chi connectivity index (χ4v) is 1.94. The van der Waals surface area contributed by atoms with Crippen LogP contribution in [0.25, 0.3) is 0 Å². The Hall–Kier alpha value is -1.91. The topological polar surface area (TPSA) is 27.1 Å². The van der Waals surface area contributed by atoms with Gasteiger partial charge in [-0.05, 0) is 25.0 Å². The van der Waals surface area contributed by atoms with Crippen LogP contribution >= 0.6 is 0 Å². The van der Waals surface area contributed by atoms with Crippen LogP contribution in [0, 0.1) is 11.6 Å². The van der Waals surface area contributed by atoms with E-state index in [0.29, 0.717) is 6.61 Å². The third-order valence-electron chi connectivity index (χ3n) is 3.02. The van der Waals surface area contributed by atoms with Gasteiger partial charge < -0.3 is 9.30 Å². The highest BCUT2D eigenvalue weighted by Crippen LogP contribution is 2.18. The molecule has 0 spiro atoms. The summed E-state index contributed by atoms with van der Waals surface area (Å²) in [6.45, 7) is 1.42. The van der Waals surface area contributed by atoms with E-state index >= 15 is 0 Å². The van der Waals surface area contributed by atoms with E-state index in [2.05, 4.69) is 4.98 Å². The number of aromatic nitrogens is 2. The summed E-state index contributed by atoms with van der Waals surface area (Å²) in [5, 5.41) is 0. The quantitative estimate of drug-likeness (QED) is 0.688. The Bertz CT molecular complexity index is 515. The lowest BCUT2D eigenvalue weighted by atomic mass is 10.2. The molecule has 0 bridgehead atoms. The minimum atomic E-state index is -0.648. The first kappa shape index (κ1) is 14.5. The number of halogens is 2. The Balaban J connectivity index is 1.55. The number of hydrogen-bond donors (Lipinski definition) is 0. The molecule has 0 aliphatic rings. The Morgan fingerprint density at radius 2 is 1.95 bits per heavy atom. The molecule has 0 fully saturated rings. The number of ether oxygens (including phenoxy) is 1. The third-order valence-corrected chi connectivity index (χ3v) is 3.02. The first-order chi connectivity index (χ1) is 9.75. The van der Waals surface area contributed by atoms with Gasteiger partial charge in [0.1, 0.15) is 5.82 Å². The van der Waals surface area contributed by atoms with Gasteiger partial charge in [0.15, 0.2) is 11.6 Å². The molecule has 1 aromatic heterocycles. The molecule has 0 aliphatic carbocycles. The Morgan fingerprint density at radius 1 is 1.10 bits per heavy atom. The molecule has 0 aliphatic heterocycles. The lowest BCUT2D eigenvalue weighted by Gasteiger charge is -2.07. The molecule has 0 unspecified atom stereocenters. The van der Waals surface area contributed by atoms with Gasteiger partial charge in [0.25, 0.3) is 0 Å². The summed E-state index contributed by atoms with van der Waals surface area (Å²) in [4.78, 5) is 3.98. The maximum absolute atomic E-state index is 13.3. The van der Waals surface area contributed by atoms with Crippen LogP contribution in [0.15, 0.2) is 36.9 Å². The van der Waals surface area contributed by atoms with Crippen LogP contribution in [0.1, 0.15) is 25.7 Å². The number of unbranched alkanes of at least 4 members (excludes halogenated alkanes) is 3. The monoisotopic (exact) mass is 280 g/mol. The third kappa shape index (κ3) is 4.64. The molecule has 1 heterocycles. The number of imidazole rings is 1. The standard InChI is InChI=1S/C15H18F2N2O/c16-13-5-6-15(14(17)11-13)20-10-4-2-1-3-8-19-9-7-18-12-19/h5-7,9,11-12H,1-4,8,10H2. The van der Waals surface area contributed by atoms with Crippen molar-refractivity contribution < 1.29 is 13.5 Å². The van der Waals surface area contributed by atoms with Gasteiger partial charge in [-0.3, -0.25) is 0 Å². The summed E-state index contributed by atoms with van der Waals surface area (Å²) < 4.78 is 33.3. The minimum Gasteiger partial charge on any atom is -0.491 e. The van der Waals surface area contributed by atoms with Crippen molar-refractivity contribution in [3.8, 4) is 5.75 Å². The van der Waals surface area contributed by atoms with E-state index in [1.807, 2.05) is 10.8 Å². The van der Waals surface area contributed by atoms with Gasteiger partial charge >= 0.3 is 0 Å². The molecule has 108 valence electrons. The predicted octanol–water partition coefficient (Wildman–Crippen LogP) is 3.80. The Kier molecular flexibility index (Phi) is 5.53. The summed E-state index contributed by atoms with van der Waals surface area (Å²) in [6, 6.07) is 3.35. The lowest BCUT2D eigenvalue weighted by molar-refractivity contribution is 0.289. The molecule has 0 N–H and O–H groups in total. The predicted molar refractivity (Wildman–Crippen MR) is 72.5 cm³/mol. The normalized spacial score (nSPS) is 10.7. The number of nitrogens with zero attached hydrogens (tertiary/aromatic N) is 2. The fourth-order valence-electron chi connectivity index (χ4n) is 1.94. The minimum absolute atomic E-state index is 0.116. The zero-order valence-corrected chi connectivity index (χ0v) is 11.3. The number of aryl methyl sites for hydroxylation is 1. The van der Waals surface area contributed by atoms with Crippen LogP contribution < -0.4 is 4.74 Å². The maximum atomic E-state index is 13.3. The van der Waals surface area contributed by atoms with Crippen molar-refractivity contribution in [3.05, 3.63) is 48.6 Å². The smallest absolute Gasteiger partial charge is 0.167 e. The van der Waals surface area contributed by atoms with Gasteiger partial charge in [-0.25, -0.2) is 13.8 Å². The van der Waals surface area contributed by atoms with Crippen molar-refractivity contribution in [1.29, 1.82) is 0 Å². The molecule has 0 saturated carbocycles. The van der Waals surface area contributed by atoms with Crippen molar-refractivity contribution in [2.24, 2.45) is 0 Å². The Labute approximate surface area is 117 Å². The van der Waals surface area contributed by atoms with Crippen LogP contribution in [0.2, 0.25) is 0 Å². The van der Waals surface area contributed by atoms with Gasteiger partial charge in [0.05, 0.1) is 12.9 Å². The van der Waals surface area contributed by atoms with E-state index in [1.54, 1.807) is 12.5 Å². The molecule has 2 aromatic rings. The van der Waals surface area contributed by atoms with Gasteiger partial charge in [-0.2, -0.15) is 0 Å². The van der Waals surface area contributed by atoms with Gasteiger partial charge in [-0.1, -0.05) is 12.8 Å². The molecule has 20 heavy (non-hydrogen) atoms. The second kappa shape index (κ2) is 7.62. The van der Waals surface area contributed by atoms with Gasteiger partial charge in [0, 0.05) is 25.0 Å². The lowest BCUT2D eigenvalue weighted by Crippen LogP contribution is -2.00. The zero-order chi connectivity index (χ0) is 14.2.